The van der Waals surface area contributed by atoms with Gasteiger partial charge in [-0.3, -0.25) is 0 Å². The topological polar surface area (TPSA) is 50.4 Å². The molecule has 2 N–H and O–H groups in total. The molecule has 1 rings (SSSR count). The van der Waals surface area contributed by atoms with Crippen molar-refractivity contribution in [2.45, 2.75) is 26.2 Å². The molecule has 1 aromatic rings. The molecular weight excluding hydrogens is 271 g/mol. The van der Waals surface area contributed by atoms with E-state index in [1.807, 2.05) is 0 Å². The third-order valence-corrected chi connectivity index (χ3v) is 2.73. The summed E-state index contributed by atoms with van der Waals surface area (Å²) in [5.41, 5.74) is 0.694. The first-order chi connectivity index (χ1) is 10.2. The van der Waals surface area contributed by atoms with Crippen LogP contribution in [-0.4, -0.2) is 25.8 Å². The van der Waals surface area contributed by atoms with Crippen molar-refractivity contribution in [1.29, 1.82) is 0 Å². The second kappa shape index (κ2) is 10.9. The first-order valence-corrected chi connectivity index (χ1v) is 7.26. The molecule has 0 bridgehead atoms. The number of hydrogen-bond acceptors (Lipinski definition) is 2. The first kappa shape index (κ1) is 17.2. The number of hydrogen-bond donors (Lipinski definition) is 2. The fraction of sp³-hybridized carbons (Fsp3) is 0.438. The molecule has 5 heteroatoms. The smallest absolute Gasteiger partial charge is 0.318 e. The summed E-state index contributed by atoms with van der Waals surface area (Å²) in [5.74, 6) is -0.301. The number of carbonyl (C=O) groups is 1. The van der Waals surface area contributed by atoms with Gasteiger partial charge in [0, 0.05) is 26.0 Å². The highest BCUT2D eigenvalue weighted by Gasteiger charge is 1.96. The van der Waals surface area contributed by atoms with E-state index in [4.69, 9.17) is 4.74 Å². The number of carbonyl (C=O) groups excluding carboxylic acids is 1. The number of rotatable bonds is 9. The summed E-state index contributed by atoms with van der Waals surface area (Å²) < 4.78 is 18.3. The minimum Gasteiger partial charge on any atom is -0.381 e. The zero-order chi connectivity index (χ0) is 15.3. The van der Waals surface area contributed by atoms with E-state index in [-0.39, 0.29) is 11.8 Å². The number of nitrogens with one attached hydrogen (secondary N) is 2. The predicted octanol–water partition coefficient (Wildman–Crippen LogP) is 3.30. The van der Waals surface area contributed by atoms with Gasteiger partial charge in [0.25, 0.3) is 0 Å². The highest BCUT2D eigenvalue weighted by atomic mass is 19.1. The molecule has 0 aliphatic heterocycles. The molecule has 0 heterocycles. The van der Waals surface area contributed by atoms with E-state index in [9.17, 15) is 9.18 Å². The number of benzene rings is 1. The number of ether oxygens (including phenoxy) is 1. The Balaban J connectivity index is 2.08. The van der Waals surface area contributed by atoms with Crippen molar-refractivity contribution in [3.63, 3.8) is 0 Å². The van der Waals surface area contributed by atoms with E-state index >= 15 is 0 Å². The van der Waals surface area contributed by atoms with Gasteiger partial charge < -0.3 is 15.4 Å². The van der Waals surface area contributed by atoms with E-state index in [1.54, 1.807) is 18.2 Å². The molecule has 0 atom stereocenters. The second-order valence-electron chi connectivity index (χ2n) is 4.61. The molecule has 0 spiro atoms. The SMILES string of the molecule is CCCCOCCCNC(=O)N/C=C/c1cccc(F)c1. The van der Waals surface area contributed by atoms with Crippen LogP contribution in [0.1, 0.15) is 31.7 Å². The van der Waals surface area contributed by atoms with Crippen LogP contribution in [0.15, 0.2) is 30.5 Å². The monoisotopic (exact) mass is 294 g/mol. The summed E-state index contributed by atoms with van der Waals surface area (Å²) >= 11 is 0. The quantitative estimate of drug-likeness (QED) is 0.687. The molecular formula is C16H23FN2O2. The summed E-state index contributed by atoms with van der Waals surface area (Å²) in [5, 5.41) is 5.28. The fourth-order valence-corrected chi connectivity index (χ4v) is 1.60. The van der Waals surface area contributed by atoms with E-state index in [0.717, 1.165) is 25.9 Å². The van der Waals surface area contributed by atoms with Gasteiger partial charge in [-0.15, -0.1) is 0 Å². The molecule has 0 aliphatic rings. The van der Waals surface area contributed by atoms with Crippen molar-refractivity contribution in [1.82, 2.24) is 10.6 Å². The zero-order valence-electron chi connectivity index (χ0n) is 12.4. The van der Waals surface area contributed by atoms with Crippen molar-refractivity contribution < 1.29 is 13.9 Å². The van der Waals surface area contributed by atoms with E-state index in [1.165, 1.54) is 18.3 Å². The Morgan fingerprint density at radius 2 is 2.14 bits per heavy atom. The molecule has 0 saturated heterocycles. The summed E-state index contributed by atoms with van der Waals surface area (Å²) in [7, 11) is 0. The van der Waals surface area contributed by atoms with E-state index in [0.29, 0.717) is 18.7 Å². The number of amides is 2. The molecule has 116 valence electrons. The highest BCUT2D eigenvalue weighted by Crippen LogP contribution is 2.04. The maximum Gasteiger partial charge on any atom is 0.318 e. The maximum atomic E-state index is 12.9. The Bertz CT molecular complexity index is 450. The van der Waals surface area contributed by atoms with Crippen LogP contribution in [0.2, 0.25) is 0 Å². The Hall–Kier alpha value is -1.88. The first-order valence-electron chi connectivity index (χ1n) is 7.26. The lowest BCUT2D eigenvalue weighted by Gasteiger charge is -2.05. The average molecular weight is 294 g/mol. The molecule has 4 nitrogen and oxygen atoms in total. The van der Waals surface area contributed by atoms with Crippen LogP contribution in [0.4, 0.5) is 9.18 Å². The molecule has 21 heavy (non-hydrogen) atoms. The molecule has 0 saturated carbocycles. The lowest BCUT2D eigenvalue weighted by atomic mass is 10.2. The van der Waals surface area contributed by atoms with Gasteiger partial charge in [-0.05, 0) is 36.6 Å². The average Bonchev–Trinajstić information content (AvgIpc) is 2.46. The van der Waals surface area contributed by atoms with Crippen LogP contribution in [0.5, 0.6) is 0 Å². The summed E-state index contributed by atoms with van der Waals surface area (Å²) in [4.78, 5) is 11.4. The summed E-state index contributed by atoms with van der Waals surface area (Å²) in [6.45, 7) is 4.11. The van der Waals surface area contributed by atoms with Gasteiger partial charge in [-0.25, -0.2) is 9.18 Å². The van der Waals surface area contributed by atoms with Gasteiger partial charge in [0.05, 0.1) is 0 Å². The molecule has 0 aromatic heterocycles. The van der Waals surface area contributed by atoms with Crippen LogP contribution in [0.3, 0.4) is 0 Å². The molecule has 0 unspecified atom stereocenters. The van der Waals surface area contributed by atoms with Crippen molar-refractivity contribution >= 4 is 12.1 Å². The van der Waals surface area contributed by atoms with Gasteiger partial charge in [0.15, 0.2) is 0 Å². The Labute approximate surface area is 125 Å². The van der Waals surface area contributed by atoms with Gasteiger partial charge >= 0.3 is 6.03 Å². The van der Waals surface area contributed by atoms with E-state index in [2.05, 4.69) is 17.6 Å². The number of unbranched alkanes of at least 4 members (excludes halogenated alkanes) is 1. The van der Waals surface area contributed by atoms with Crippen LogP contribution >= 0.6 is 0 Å². The Morgan fingerprint density at radius 3 is 2.90 bits per heavy atom. The summed E-state index contributed by atoms with van der Waals surface area (Å²) in [6.07, 6.45) is 6.10. The second-order valence-corrected chi connectivity index (χ2v) is 4.61. The van der Waals surface area contributed by atoms with Crippen molar-refractivity contribution in [2.24, 2.45) is 0 Å². The van der Waals surface area contributed by atoms with Gasteiger partial charge in [0.1, 0.15) is 5.82 Å². The largest absolute Gasteiger partial charge is 0.381 e. The number of halogens is 1. The highest BCUT2D eigenvalue weighted by molar-refractivity contribution is 5.75. The normalized spacial score (nSPS) is 10.8. The van der Waals surface area contributed by atoms with Crippen molar-refractivity contribution in [3.8, 4) is 0 Å². The standard InChI is InChI=1S/C16H23FN2O2/c1-2-3-11-21-12-5-9-18-16(20)19-10-8-14-6-4-7-15(17)13-14/h4,6-8,10,13H,2-3,5,9,11-12H2,1H3,(H2,18,19,20)/b10-8+. The van der Waals surface area contributed by atoms with Gasteiger partial charge in [0.2, 0.25) is 0 Å². The third-order valence-electron chi connectivity index (χ3n) is 2.73. The molecule has 1 aromatic carbocycles. The molecule has 0 radical (unpaired) electrons. The molecule has 0 fully saturated rings. The van der Waals surface area contributed by atoms with Crippen LogP contribution in [0.25, 0.3) is 6.08 Å². The van der Waals surface area contributed by atoms with Crippen LogP contribution < -0.4 is 10.6 Å². The van der Waals surface area contributed by atoms with Gasteiger partial charge in [-0.2, -0.15) is 0 Å². The zero-order valence-corrected chi connectivity index (χ0v) is 12.4. The summed E-state index contributed by atoms with van der Waals surface area (Å²) in [6, 6.07) is 5.86. The van der Waals surface area contributed by atoms with Crippen LogP contribution in [0, 0.1) is 5.82 Å². The lowest BCUT2D eigenvalue weighted by molar-refractivity contribution is 0.129. The number of urea groups is 1. The Kier molecular flexibility index (Phi) is 8.88. The molecule has 0 aliphatic carbocycles. The van der Waals surface area contributed by atoms with Crippen molar-refractivity contribution in [2.75, 3.05) is 19.8 Å². The molecule has 2 amide bonds. The van der Waals surface area contributed by atoms with Gasteiger partial charge in [-0.1, -0.05) is 25.5 Å². The van der Waals surface area contributed by atoms with E-state index < -0.39 is 0 Å². The fourth-order valence-electron chi connectivity index (χ4n) is 1.60. The lowest BCUT2D eigenvalue weighted by Crippen LogP contribution is -2.33. The maximum absolute atomic E-state index is 12.9. The third kappa shape index (κ3) is 8.81. The minimum atomic E-state index is -0.301. The van der Waals surface area contributed by atoms with Crippen molar-refractivity contribution in [3.05, 3.63) is 41.8 Å². The Morgan fingerprint density at radius 1 is 1.33 bits per heavy atom. The van der Waals surface area contributed by atoms with Crippen LogP contribution in [-0.2, 0) is 4.74 Å². The predicted molar refractivity (Wildman–Crippen MR) is 82.3 cm³/mol. The minimum absolute atomic E-state index is 0.281.